The lowest BCUT2D eigenvalue weighted by atomic mass is 9.89. The minimum Gasteiger partial charge on any atom is -0.456 e. The van der Waals surface area contributed by atoms with Crippen molar-refractivity contribution in [2.24, 2.45) is 0 Å². The van der Waals surface area contributed by atoms with Crippen molar-refractivity contribution in [2.75, 3.05) is 13.2 Å². The van der Waals surface area contributed by atoms with Crippen LogP contribution in [0, 0.1) is 6.92 Å². The van der Waals surface area contributed by atoms with Crippen LogP contribution in [0.15, 0.2) is 42.5 Å². The summed E-state index contributed by atoms with van der Waals surface area (Å²) in [6.45, 7) is 2.20. The molecule has 0 fully saturated rings. The zero-order valence-electron chi connectivity index (χ0n) is 17.5. The molecule has 2 aromatic rings. The molecule has 158 valence electrons. The van der Waals surface area contributed by atoms with Crippen LogP contribution in [0.4, 0.5) is 0 Å². The Morgan fingerprint density at radius 2 is 1.73 bits per heavy atom. The number of hydrogen-bond acceptors (Lipinski definition) is 4. The number of carbonyl (C=O) groups is 3. The van der Waals surface area contributed by atoms with E-state index >= 15 is 0 Å². The molecule has 5 heteroatoms. The fourth-order valence-corrected chi connectivity index (χ4v) is 3.76. The van der Waals surface area contributed by atoms with Crippen LogP contribution in [0.5, 0.6) is 0 Å². The van der Waals surface area contributed by atoms with Crippen LogP contribution >= 0.6 is 0 Å². The fourth-order valence-electron chi connectivity index (χ4n) is 3.76. The predicted octanol–water partition coefficient (Wildman–Crippen LogP) is 3.74. The number of amides is 1. The molecular formula is C25H29NO4. The molecule has 3 rings (SSSR count). The van der Waals surface area contributed by atoms with E-state index < -0.39 is 5.97 Å². The molecule has 1 amide bonds. The van der Waals surface area contributed by atoms with Gasteiger partial charge in [-0.2, -0.15) is 0 Å². The van der Waals surface area contributed by atoms with Gasteiger partial charge in [-0.1, -0.05) is 36.4 Å². The van der Waals surface area contributed by atoms with Crippen molar-refractivity contribution in [1.82, 2.24) is 5.32 Å². The number of fused-ring (bicyclic) bond motifs is 1. The van der Waals surface area contributed by atoms with Gasteiger partial charge in [-0.15, -0.1) is 0 Å². The molecule has 0 bridgehead atoms. The van der Waals surface area contributed by atoms with Gasteiger partial charge in [0.2, 0.25) is 0 Å². The van der Waals surface area contributed by atoms with Gasteiger partial charge in [0, 0.05) is 18.5 Å². The molecule has 5 nitrogen and oxygen atoms in total. The largest absolute Gasteiger partial charge is 0.456 e. The van der Waals surface area contributed by atoms with Crippen molar-refractivity contribution in [3.63, 3.8) is 0 Å². The molecule has 0 aromatic heterocycles. The van der Waals surface area contributed by atoms with E-state index in [1.807, 2.05) is 49.4 Å². The van der Waals surface area contributed by atoms with Crippen molar-refractivity contribution in [3.8, 4) is 0 Å². The van der Waals surface area contributed by atoms with E-state index in [1.54, 1.807) is 0 Å². The standard InChI is InChI=1S/C25H29NO4/c1-18-6-2-3-7-19(18)14-15-26-24(28)17-30-25(29)13-12-23(27)22-11-10-20-8-4-5-9-21(20)16-22/h2-3,6-7,10-11,16H,4-5,8-9,12-15,17H2,1H3,(H,26,28). The molecule has 30 heavy (non-hydrogen) atoms. The maximum Gasteiger partial charge on any atom is 0.306 e. The third-order valence-corrected chi connectivity index (χ3v) is 5.57. The van der Waals surface area contributed by atoms with Crippen LogP contribution < -0.4 is 5.32 Å². The molecule has 0 saturated carbocycles. The van der Waals surface area contributed by atoms with Gasteiger partial charge in [0.1, 0.15) is 0 Å². The predicted molar refractivity (Wildman–Crippen MR) is 116 cm³/mol. The number of carbonyl (C=O) groups excluding carboxylic acids is 3. The number of aryl methyl sites for hydroxylation is 3. The second-order valence-electron chi connectivity index (χ2n) is 7.80. The fraction of sp³-hybridized carbons (Fsp3) is 0.400. The molecule has 0 radical (unpaired) electrons. The number of Topliss-reactive ketones (excluding diaryl/α,β-unsaturated/α-hetero) is 1. The summed E-state index contributed by atoms with van der Waals surface area (Å²) in [5, 5.41) is 2.75. The van der Waals surface area contributed by atoms with Gasteiger partial charge in [0.25, 0.3) is 5.91 Å². The van der Waals surface area contributed by atoms with Crippen LogP contribution in [0.25, 0.3) is 0 Å². The maximum absolute atomic E-state index is 12.4. The minimum atomic E-state index is -0.532. The van der Waals surface area contributed by atoms with Gasteiger partial charge >= 0.3 is 5.97 Å². The van der Waals surface area contributed by atoms with Gasteiger partial charge in [0.05, 0.1) is 6.42 Å². The first-order valence-corrected chi connectivity index (χ1v) is 10.6. The Balaban J connectivity index is 1.34. The summed E-state index contributed by atoms with van der Waals surface area (Å²) >= 11 is 0. The number of esters is 1. The van der Waals surface area contributed by atoms with Crippen LogP contribution in [-0.2, 0) is 33.6 Å². The summed E-state index contributed by atoms with van der Waals surface area (Å²) in [6, 6.07) is 13.8. The van der Waals surface area contributed by atoms with Crippen LogP contribution in [0.3, 0.4) is 0 Å². The van der Waals surface area contributed by atoms with Gasteiger partial charge in [-0.25, -0.2) is 0 Å². The number of ether oxygens (including phenoxy) is 1. The van der Waals surface area contributed by atoms with Crippen molar-refractivity contribution in [2.45, 2.75) is 51.9 Å². The zero-order chi connectivity index (χ0) is 21.3. The molecule has 1 aliphatic carbocycles. The van der Waals surface area contributed by atoms with E-state index in [0.717, 1.165) is 25.7 Å². The highest BCUT2D eigenvalue weighted by Crippen LogP contribution is 2.23. The summed E-state index contributed by atoms with van der Waals surface area (Å²) in [4.78, 5) is 36.2. The van der Waals surface area contributed by atoms with E-state index in [4.69, 9.17) is 4.74 Å². The number of ketones is 1. The van der Waals surface area contributed by atoms with E-state index in [2.05, 4.69) is 5.32 Å². The Kier molecular flexibility index (Phi) is 7.77. The summed E-state index contributed by atoms with van der Waals surface area (Å²) in [5.74, 6) is -0.934. The lowest BCUT2D eigenvalue weighted by Gasteiger charge is -2.16. The first kappa shape index (κ1) is 21.8. The maximum atomic E-state index is 12.4. The summed E-state index contributed by atoms with van der Waals surface area (Å²) in [7, 11) is 0. The van der Waals surface area contributed by atoms with E-state index in [1.165, 1.54) is 28.7 Å². The van der Waals surface area contributed by atoms with Gasteiger partial charge < -0.3 is 10.1 Å². The Morgan fingerprint density at radius 3 is 2.53 bits per heavy atom. The van der Waals surface area contributed by atoms with E-state index in [0.29, 0.717) is 12.1 Å². The number of nitrogens with one attached hydrogen (secondary N) is 1. The number of rotatable bonds is 9. The highest BCUT2D eigenvalue weighted by molar-refractivity contribution is 5.97. The SMILES string of the molecule is Cc1ccccc1CCNC(=O)COC(=O)CCC(=O)c1ccc2c(c1)CCCC2. The molecular weight excluding hydrogens is 378 g/mol. The highest BCUT2D eigenvalue weighted by atomic mass is 16.5. The number of benzene rings is 2. The van der Waals surface area contributed by atoms with E-state index in [-0.39, 0.29) is 31.1 Å². The Bertz CT molecular complexity index is 919. The number of hydrogen-bond donors (Lipinski definition) is 1. The highest BCUT2D eigenvalue weighted by Gasteiger charge is 2.15. The Hall–Kier alpha value is -2.95. The lowest BCUT2D eigenvalue weighted by Crippen LogP contribution is -2.30. The molecule has 0 unspecified atom stereocenters. The van der Waals surface area contributed by atoms with E-state index in [9.17, 15) is 14.4 Å². The molecule has 0 aliphatic heterocycles. The van der Waals surface area contributed by atoms with Gasteiger partial charge in [-0.05, 0) is 67.3 Å². The molecule has 1 N–H and O–H groups in total. The monoisotopic (exact) mass is 407 g/mol. The first-order chi connectivity index (χ1) is 14.5. The van der Waals surface area contributed by atoms with Crippen molar-refractivity contribution in [3.05, 3.63) is 70.3 Å². The molecule has 0 heterocycles. The zero-order valence-corrected chi connectivity index (χ0v) is 17.5. The quantitative estimate of drug-likeness (QED) is 0.508. The average Bonchev–Trinajstić information content (AvgIpc) is 2.77. The third-order valence-electron chi connectivity index (χ3n) is 5.57. The molecule has 2 aromatic carbocycles. The smallest absolute Gasteiger partial charge is 0.306 e. The lowest BCUT2D eigenvalue weighted by molar-refractivity contribution is -0.148. The van der Waals surface area contributed by atoms with Crippen molar-refractivity contribution < 1.29 is 19.1 Å². The molecule has 0 saturated heterocycles. The van der Waals surface area contributed by atoms with Crippen LogP contribution in [0.2, 0.25) is 0 Å². The van der Waals surface area contributed by atoms with Crippen LogP contribution in [0.1, 0.15) is 58.3 Å². The average molecular weight is 408 g/mol. The second kappa shape index (κ2) is 10.7. The first-order valence-electron chi connectivity index (χ1n) is 10.6. The third kappa shape index (κ3) is 6.28. The Labute approximate surface area is 177 Å². The molecule has 0 atom stereocenters. The van der Waals surface area contributed by atoms with Crippen molar-refractivity contribution >= 4 is 17.7 Å². The Morgan fingerprint density at radius 1 is 0.967 bits per heavy atom. The summed E-state index contributed by atoms with van der Waals surface area (Å²) < 4.78 is 5.00. The second-order valence-corrected chi connectivity index (χ2v) is 7.80. The normalized spacial score (nSPS) is 12.7. The molecule has 1 aliphatic rings. The summed E-state index contributed by atoms with van der Waals surface area (Å²) in [5.41, 5.74) is 5.58. The van der Waals surface area contributed by atoms with Crippen molar-refractivity contribution in [1.29, 1.82) is 0 Å². The molecule has 0 spiro atoms. The van der Waals surface area contributed by atoms with Gasteiger partial charge in [-0.3, -0.25) is 14.4 Å². The van der Waals surface area contributed by atoms with Crippen LogP contribution in [-0.4, -0.2) is 30.8 Å². The minimum absolute atomic E-state index is 0.0214. The van der Waals surface area contributed by atoms with Gasteiger partial charge in [0.15, 0.2) is 12.4 Å². The summed E-state index contributed by atoms with van der Waals surface area (Å²) in [6.07, 6.45) is 5.23. The topological polar surface area (TPSA) is 72.5 Å².